The van der Waals surface area contributed by atoms with Crippen LogP contribution in [0.5, 0.6) is 0 Å². The van der Waals surface area contributed by atoms with Gasteiger partial charge in [0.15, 0.2) is 0 Å². The van der Waals surface area contributed by atoms with E-state index in [9.17, 15) is 9.59 Å². The van der Waals surface area contributed by atoms with Crippen LogP contribution in [0.4, 0.5) is 0 Å². The lowest BCUT2D eigenvalue weighted by Gasteiger charge is -2.32. The second-order valence-electron chi connectivity index (χ2n) is 5.48. The number of amides is 1. The van der Waals surface area contributed by atoms with Crippen LogP contribution in [0.15, 0.2) is 0 Å². The summed E-state index contributed by atoms with van der Waals surface area (Å²) in [6.45, 7) is 1.56. The van der Waals surface area contributed by atoms with Crippen molar-refractivity contribution in [2.24, 2.45) is 5.92 Å². The molecule has 2 rings (SSSR count). The minimum absolute atomic E-state index is 0.0342. The Hall–Kier alpha value is -1.34. The molecule has 0 radical (unpaired) electrons. The number of hydrogen-bond donors (Lipinski definition) is 1. The fourth-order valence-corrected chi connectivity index (χ4v) is 3.31. The summed E-state index contributed by atoms with van der Waals surface area (Å²) >= 11 is 0. The van der Waals surface area contributed by atoms with Gasteiger partial charge in [0.2, 0.25) is 5.91 Å². The number of rotatable bonds is 4. The first-order valence-corrected chi connectivity index (χ1v) is 7.19. The number of likely N-dealkylation sites (tertiary alicyclic amines) is 1. The lowest BCUT2D eigenvalue weighted by atomic mass is 9.82. The lowest BCUT2D eigenvalue weighted by molar-refractivity contribution is -0.128. The van der Waals surface area contributed by atoms with Crippen molar-refractivity contribution in [2.75, 3.05) is 19.6 Å². The van der Waals surface area contributed by atoms with Crippen molar-refractivity contribution in [3.05, 3.63) is 0 Å². The summed E-state index contributed by atoms with van der Waals surface area (Å²) in [7, 11) is 0. The maximum Gasteiger partial charge on any atom is 0.234 e. The lowest BCUT2D eigenvalue weighted by Crippen LogP contribution is -2.45. The van der Waals surface area contributed by atoms with E-state index in [0.29, 0.717) is 12.3 Å². The number of nitrogens with one attached hydrogen (secondary N) is 1. The van der Waals surface area contributed by atoms with Gasteiger partial charge < -0.3 is 5.32 Å². The Bertz CT molecular complexity index is 386. The topological polar surface area (TPSA) is 49.4 Å². The maximum atomic E-state index is 12.0. The van der Waals surface area contributed by atoms with E-state index in [1.807, 2.05) is 0 Å². The largest absolute Gasteiger partial charge is 0.344 e. The van der Waals surface area contributed by atoms with Gasteiger partial charge in [-0.2, -0.15) is 0 Å². The highest BCUT2D eigenvalue weighted by Crippen LogP contribution is 2.32. The average Bonchev–Trinajstić information content (AvgIpc) is 2.85. The molecule has 2 atom stereocenters. The molecule has 4 heteroatoms. The fourth-order valence-electron chi connectivity index (χ4n) is 3.31. The minimum atomic E-state index is -0.0342. The SMILES string of the molecule is C#CCNC(=O)CN1CCCC1C1CCCCC1=O. The highest BCUT2D eigenvalue weighted by molar-refractivity contribution is 5.82. The summed E-state index contributed by atoms with van der Waals surface area (Å²) < 4.78 is 0. The average molecular weight is 262 g/mol. The zero-order chi connectivity index (χ0) is 13.7. The van der Waals surface area contributed by atoms with E-state index in [-0.39, 0.29) is 24.4 Å². The molecule has 1 aliphatic heterocycles. The zero-order valence-electron chi connectivity index (χ0n) is 11.4. The van der Waals surface area contributed by atoms with Gasteiger partial charge in [-0.3, -0.25) is 14.5 Å². The highest BCUT2D eigenvalue weighted by Gasteiger charge is 2.37. The minimum Gasteiger partial charge on any atom is -0.344 e. The number of carbonyl (C=O) groups excluding carboxylic acids is 2. The third-order valence-corrected chi connectivity index (χ3v) is 4.21. The molecule has 2 aliphatic rings. The third-order valence-electron chi connectivity index (χ3n) is 4.21. The van der Waals surface area contributed by atoms with Gasteiger partial charge in [0.25, 0.3) is 0 Å². The van der Waals surface area contributed by atoms with Crippen molar-refractivity contribution in [1.82, 2.24) is 10.2 Å². The second-order valence-corrected chi connectivity index (χ2v) is 5.48. The molecule has 1 saturated carbocycles. The first-order chi connectivity index (χ1) is 9.22. The summed E-state index contributed by atoms with van der Waals surface area (Å²) in [6, 6.07) is 0.268. The molecule has 1 N–H and O–H groups in total. The van der Waals surface area contributed by atoms with E-state index in [0.717, 1.165) is 45.1 Å². The standard InChI is InChI=1S/C15H22N2O2/c1-2-9-16-15(19)11-17-10-5-7-13(17)12-6-3-4-8-14(12)18/h1,12-13H,3-11H2,(H,16,19). The first-order valence-electron chi connectivity index (χ1n) is 7.19. The van der Waals surface area contributed by atoms with Crippen LogP contribution in [0.2, 0.25) is 0 Å². The molecule has 2 unspecified atom stereocenters. The number of ketones is 1. The van der Waals surface area contributed by atoms with Crippen molar-refractivity contribution >= 4 is 11.7 Å². The van der Waals surface area contributed by atoms with Crippen molar-refractivity contribution in [3.63, 3.8) is 0 Å². The molecule has 0 aromatic heterocycles. The van der Waals surface area contributed by atoms with E-state index in [4.69, 9.17) is 6.42 Å². The summed E-state index contributed by atoms with van der Waals surface area (Å²) in [5.74, 6) is 2.91. The molecule has 4 nitrogen and oxygen atoms in total. The molecular weight excluding hydrogens is 240 g/mol. The van der Waals surface area contributed by atoms with Crippen molar-refractivity contribution < 1.29 is 9.59 Å². The molecule has 0 aromatic rings. The van der Waals surface area contributed by atoms with Crippen LogP contribution < -0.4 is 5.32 Å². The highest BCUT2D eigenvalue weighted by atomic mass is 16.2. The normalized spacial score (nSPS) is 28.1. The molecule has 0 bridgehead atoms. The van der Waals surface area contributed by atoms with Crippen LogP contribution in [0.25, 0.3) is 0 Å². The van der Waals surface area contributed by atoms with Gasteiger partial charge in [-0.25, -0.2) is 0 Å². The van der Waals surface area contributed by atoms with E-state index >= 15 is 0 Å². The van der Waals surface area contributed by atoms with Crippen LogP contribution >= 0.6 is 0 Å². The van der Waals surface area contributed by atoms with Crippen LogP contribution in [0.3, 0.4) is 0 Å². The Balaban J connectivity index is 1.91. The van der Waals surface area contributed by atoms with Gasteiger partial charge in [-0.15, -0.1) is 6.42 Å². The van der Waals surface area contributed by atoms with Crippen LogP contribution in [0, 0.1) is 18.3 Å². The Morgan fingerprint density at radius 1 is 1.37 bits per heavy atom. The molecule has 0 aromatic carbocycles. The van der Waals surface area contributed by atoms with Gasteiger partial charge >= 0.3 is 0 Å². The Kier molecular flexibility index (Phi) is 4.98. The van der Waals surface area contributed by atoms with E-state index < -0.39 is 0 Å². The van der Waals surface area contributed by atoms with Gasteiger partial charge in [-0.05, 0) is 32.2 Å². The van der Waals surface area contributed by atoms with Crippen molar-refractivity contribution in [2.45, 2.75) is 44.6 Å². The number of Topliss-reactive ketones (excluding diaryl/α,β-unsaturated/α-hetero) is 1. The van der Waals surface area contributed by atoms with Gasteiger partial charge in [0, 0.05) is 18.4 Å². The summed E-state index contributed by atoms with van der Waals surface area (Å²) in [6.07, 6.45) is 11.1. The Morgan fingerprint density at radius 2 is 2.21 bits per heavy atom. The van der Waals surface area contributed by atoms with E-state index in [1.54, 1.807) is 0 Å². The first kappa shape index (κ1) is 14.1. The molecule has 2 fully saturated rings. The molecule has 1 heterocycles. The smallest absolute Gasteiger partial charge is 0.234 e. The Morgan fingerprint density at radius 3 is 2.95 bits per heavy atom. The zero-order valence-corrected chi connectivity index (χ0v) is 11.4. The molecule has 104 valence electrons. The van der Waals surface area contributed by atoms with Gasteiger partial charge in [0.1, 0.15) is 5.78 Å². The number of carbonyl (C=O) groups is 2. The monoisotopic (exact) mass is 262 g/mol. The second kappa shape index (κ2) is 6.72. The van der Waals surface area contributed by atoms with Crippen LogP contribution in [0.1, 0.15) is 38.5 Å². The quantitative estimate of drug-likeness (QED) is 0.768. The van der Waals surface area contributed by atoms with Gasteiger partial charge in [-0.1, -0.05) is 12.3 Å². The van der Waals surface area contributed by atoms with E-state index in [1.165, 1.54) is 0 Å². The molecule has 1 amide bonds. The van der Waals surface area contributed by atoms with Gasteiger partial charge in [0.05, 0.1) is 13.1 Å². The molecular formula is C15H22N2O2. The fraction of sp³-hybridized carbons (Fsp3) is 0.733. The van der Waals surface area contributed by atoms with Crippen LogP contribution in [-0.2, 0) is 9.59 Å². The Labute approximate surface area is 114 Å². The summed E-state index contributed by atoms with van der Waals surface area (Å²) in [5.41, 5.74) is 0. The summed E-state index contributed by atoms with van der Waals surface area (Å²) in [5, 5.41) is 2.69. The molecule has 0 spiro atoms. The van der Waals surface area contributed by atoms with Crippen molar-refractivity contribution in [3.8, 4) is 12.3 Å². The predicted molar refractivity (Wildman–Crippen MR) is 73.4 cm³/mol. The summed E-state index contributed by atoms with van der Waals surface area (Å²) in [4.78, 5) is 25.9. The van der Waals surface area contributed by atoms with Crippen molar-refractivity contribution in [1.29, 1.82) is 0 Å². The number of hydrogen-bond acceptors (Lipinski definition) is 3. The molecule has 1 saturated heterocycles. The maximum absolute atomic E-state index is 12.0. The predicted octanol–water partition coefficient (Wildman–Crippen LogP) is 0.959. The number of nitrogens with zero attached hydrogens (tertiary/aromatic N) is 1. The molecule has 1 aliphatic carbocycles. The number of terminal acetylenes is 1. The van der Waals surface area contributed by atoms with E-state index in [2.05, 4.69) is 16.1 Å². The van der Waals surface area contributed by atoms with Crippen LogP contribution in [-0.4, -0.2) is 42.3 Å². The molecule has 19 heavy (non-hydrogen) atoms. The third kappa shape index (κ3) is 3.57.